The summed E-state index contributed by atoms with van der Waals surface area (Å²) in [7, 11) is 0.396. The van der Waals surface area contributed by atoms with Gasteiger partial charge in [0.1, 0.15) is 11.5 Å². The van der Waals surface area contributed by atoms with Crippen LogP contribution in [0.2, 0.25) is 0 Å². The van der Waals surface area contributed by atoms with E-state index in [4.69, 9.17) is 0 Å². The topological polar surface area (TPSA) is 17.1 Å². The van der Waals surface area contributed by atoms with E-state index in [1.807, 2.05) is 6.92 Å². The fourth-order valence-corrected chi connectivity index (χ4v) is 3.82. The molecule has 0 aliphatic heterocycles. The lowest BCUT2D eigenvalue weighted by Gasteiger charge is -2.06. The molecule has 0 amide bonds. The highest BCUT2D eigenvalue weighted by Gasteiger charge is 2.19. The maximum absolute atomic E-state index is 11.4. The first-order chi connectivity index (χ1) is 6.74. The van der Waals surface area contributed by atoms with Crippen LogP contribution < -0.4 is 0 Å². The van der Waals surface area contributed by atoms with Crippen LogP contribution in [0, 0.1) is 0 Å². The van der Waals surface area contributed by atoms with Gasteiger partial charge in [0.25, 0.3) is 0 Å². The van der Waals surface area contributed by atoms with E-state index in [1.54, 1.807) is 0 Å². The lowest BCUT2D eigenvalue weighted by molar-refractivity contribution is -0.116. The van der Waals surface area contributed by atoms with Crippen molar-refractivity contribution in [3.63, 3.8) is 0 Å². The van der Waals surface area contributed by atoms with Crippen molar-refractivity contribution in [3.8, 4) is 0 Å². The third-order valence-electron chi connectivity index (χ3n) is 2.33. The molecule has 84 valence electrons. The number of hydrogen-bond donors (Lipinski definition) is 0. The molecule has 0 spiro atoms. The standard InChI is InChI=1S/C12H25OS/c1-4-7-9-14(10-8-5-2)11-12(13)6-3/h4-11H2,1-3H3/q+1. The highest BCUT2D eigenvalue weighted by molar-refractivity contribution is 7.97. The Morgan fingerprint density at radius 1 is 1.00 bits per heavy atom. The summed E-state index contributed by atoms with van der Waals surface area (Å²) in [5.41, 5.74) is 0. The van der Waals surface area contributed by atoms with Crippen LogP contribution in [0.3, 0.4) is 0 Å². The first-order valence-corrected chi connectivity index (χ1v) is 7.63. The third-order valence-corrected chi connectivity index (χ3v) is 4.79. The first-order valence-electron chi connectivity index (χ1n) is 5.90. The maximum Gasteiger partial charge on any atom is 0.181 e. The smallest absolute Gasteiger partial charge is 0.181 e. The lowest BCUT2D eigenvalue weighted by Crippen LogP contribution is -2.22. The van der Waals surface area contributed by atoms with E-state index in [9.17, 15) is 4.79 Å². The Morgan fingerprint density at radius 3 is 1.86 bits per heavy atom. The normalized spacial score (nSPS) is 10.9. The van der Waals surface area contributed by atoms with Crippen molar-refractivity contribution in [3.05, 3.63) is 0 Å². The van der Waals surface area contributed by atoms with Crippen molar-refractivity contribution in [2.75, 3.05) is 17.3 Å². The molecule has 0 saturated heterocycles. The predicted octanol–water partition coefficient (Wildman–Crippen LogP) is 3.18. The molecule has 0 rings (SSSR count). The molecule has 0 N–H and O–H groups in total. The van der Waals surface area contributed by atoms with Gasteiger partial charge in [0.15, 0.2) is 11.5 Å². The van der Waals surface area contributed by atoms with Gasteiger partial charge in [-0.3, -0.25) is 4.79 Å². The minimum absolute atomic E-state index is 0.396. The molecule has 0 heterocycles. The van der Waals surface area contributed by atoms with Crippen molar-refractivity contribution in [2.24, 2.45) is 0 Å². The molecular formula is C12H25OS+. The minimum atomic E-state index is 0.396. The summed E-state index contributed by atoms with van der Waals surface area (Å²) in [6, 6.07) is 0. The molecular weight excluding hydrogens is 192 g/mol. The Kier molecular flexibility index (Phi) is 9.58. The molecule has 0 saturated carbocycles. The molecule has 0 aromatic heterocycles. The second-order valence-corrected chi connectivity index (χ2v) is 6.09. The molecule has 0 unspecified atom stereocenters. The first kappa shape index (κ1) is 14.0. The molecule has 0 aromatic carbocycles. The fraction of sp³-hybridized carbons (Fsp3) is 0.917. The number of Topliss-reactive ketones (excluding diaryl/α,β-unsaturated/α-hetero) is 1. The summed E-state index contributed by atoms with van der Waals surface area (Å²) in [5, 5.41) is 0. The van der Waals surface area contributed by atoms with Gasteiger partial charge in [-0.05, 0) is 23.7 Å². The summed E-state index contributed by atoms with van der Waals surface area (Å²) < 4.78 is 0. The van der Waals surface area contributed by atoms with E-state index in [1.165, 1.54) is 37.2 Å². The summed E-state index contributed by atoms with van der Waals surface area (Å²) in [6.07, 6.45) is 5.83. The molecule has 0 radical (unpaired) electrons. The Bertz CT molecular complexity index is 137. The highest BCUT2D eigenvalue weighted by atomic mass is 32.2. The zero-order valence-corrected chi connectivity index (χ0v) is 10.8. The van der Waals surface area contributed by atoms with Crippen LogP contribution >= 0.6 is 0 Å². The van der Waals surface area contributed by atoms with E-state index in [-0.39, 0.29) is 0 Å². The van der Waals surface area contributed by atoms with E-state index in [0.29, 0.717) is 16.7 Å². The van der Waals surface area contributed by atoms with Crippen molar-refractivity contribution < 1.29 is 4.79 Å². The van der Waals surface area contributed by atoms with Crippen LogP contribution in [-0.4, -0.2) is 23.0 Å². The summed E-state index contributed by atoms with van der Waals surface area (Å²) in [6.45, 7) is 6.43. The van der Waals surface area contributed by atoms with Crippen LogP contribution in [0.4, 0.5) is 0 Å². The van der Waals surface area contributed by atoms with Gasteiger partial charge in [-0.2, -0.15) is 0 Å². The Labute approximate surface area is 92.0 Å². The van der Waals surface area contributed by atoms with Crippen LogP contribution in [-0.2, 0) is 15.7 Å². The average Bonchev–Trinajstić information content (AvgIpc) is 2.21. The van der Waals surface area contributed by atoms with E-state index < -0.39 is 0 Å². The fourth-order valence-electron chi connectivity index (χ4n) is 1.27. The van der Waals surface area contributed by atoms with Crippen LogP contribution in [0.15, 0.2) is 0 Å². The van der Waals surface area contributed by atoms with Crippen molar-refractivity contribution >= 4 is 16.7 Å². The van der Waals surface area contributed by atoms with Gasteiger partial charge in [0, 0.05) is 6.42 Å². The molecule has 0 fully saturated rings. The van der Waals surface area contributed by atoms with Gasteiger partial charge in [-0.25, -0.2) is 0 Å². The van der Waals surface area contributed by atoms with Crippen LogP contribution in [0.5, 0.6) is 0 Å². The van der Waals surface area contributed by atoms with E-state index in [2.05, 4.69) is 13.8 Å². The summed E-state index contributed by atoms with van der Waals surface area (Å²) in [5.74, 6) is 3.88. The molecule has 2 heteroatoms. The second-order valence-electron chi connectivity index (χ2n) is 3.76. The molecule has 0 aliphatic carbocycles. The number of unbranched alkanes of at least 4 members (excludes halogenated alkanes) is 2. The van der Waals surface area contributed by atoms with Gasteiger partial charge in [-0.15, -0.1) is 0 Å². The molecule has 0 aromatic rings. The zero-order chi connectivity index (χ0) is 10.8. The molecule has 0 bridgehead atoms. The lowest BCUT2D eigenvalue weighted by atomic mass is 10.4. The van der Waals surface area contributed by atoms with Crippen molar-refractivity contribution in [1.82, 2.24) is 0 Å². The summed E-state index contributed by atoms with van der Waals surface area (Å²) >= 11 is 0. The zero-order valence-electron chi connectivity index (χ0n) is 9.97. The summed E-state index contributed by atoms with van der Waals surface area (Å²) in [4.78, 5) is 11.4. The minimum Gasteiger partial charge on any atom is -0.294 e. The Morgan fingerprint density at radius 2 is 1.50 bits per heavy atom. The largest absolute Gasteiger partial charge is 0.294 e. The number of hydrogen-bond acceptors (Lipinski definition) is 1. The van der Waals surface area contributed by atoms with E-state index in [0.717, 1.165) is 12.2 Å². The number of rotatable bonds is 9. The number of carbonyl (C=O) groups is 1. The van der Waals surface area contributed by atoms with Gasteiger partial charge in [-0.1, -0.05) is 33.6 Å². The molecule has 0 aliphatic rings. The monoisotopic (exact) mass is 217 g/mol. The SMILES string of the molecule is CCCC[S+](CCCC)CC(=O)CC. The Hall–Kier alpha value is 0.0200. The van der Waals surface area contributed by atoms with E-state index >= 15 is 0 Å². The highest BCUT2D eigenvalue weighted by Crippen LogP contribution is 2.06. The maximum atomic E-state index is 11.4. The van der Waals surface area contributed by atoms with Gasteiger partial charge < -0.3 is 0 Å². The van der Waals surface area contributed by atoms with Gasteiger partial charge in [0.05, 0.1) is 0 Å². The number of ketones is 1. The molecule has 1 nitrogen and oxygen atoms in total. The van der Waals surface area contributed by atoms with Gasteiger partial charge in [0.2, 0.25) is 0 Å². The van der Waals surface area contributed by atoms with Crippen LogP contribution in [0.1, 0.15) is 52.9 Å². The van der Waals surface area contributed by atoms with Crippen LogP contribution in [0.25, 0.3) is 0 Å². The van der Waals surface area contributed by atoms with Gasteiger partial charge >= 0.3 is 0 Å². The number of carbonyl (C=O) groups excluding carboxylic acids is 1. The molecule has 14 heavy (non-hydrogen) atoms. The van der Waals surface area contributed by atoms with Crippen molar-refractivity contribution in [2.45, 2.75) is 52.9 Å². The molecule has 0 atom stereocenters. The Balaban J connectivity index is 3.77. The van der Waals surface area contributed by atoms with Crippen molar-refractivity contribution in [1.29, 1.82) is 0 Å². The quantitative estimate of drug-likeness (QED) is 0.542. The average molecular weight is 217 g/mol. The third kappa shape index (κ3) is 7.43. The second kappa shape index (κ2) is 9.57. The predicted molar refractivity (Wildman–Crippen MR) is 67.1 cm³/mol.